The molecule has 2 N–H and O–H groups in total. The highest BCUT2D eigenvalue weighted by Crippen LogP contribution is 2.28. The van der Waals surface area contributed by atoms with Gasteiger partial charge in [-0.3, -0.25) is 4.98 Å². The van der Waals surface area contributed by atoms with Crippen LogP contribution in [0.1, 0.15) is 31.1 Å². The van der Waals surface area contributed by atoms with E-state index in [-0.39, 0.29) is 11.9 Å². The molecule has 0 fully saturated rings. The lowest BCUT2D eigenvalue weighted by Gasteiger charge is -2.27. The van der Waals surface area contributed by atoms with Gasteiger partial charge in [0.25, 0.3) is 0 Å². The number of aromatic nitrogens is 1. The van der Waals surface area contributed by atoms with Crippen molar-refractivity contribution >= 4 is 5.69 Å². The Kier molecular flexibility index (Phi) is 4.69. The number of hydrogen-bond acceptors (Lipinski definition) is 3. The van der Waals surface area contributed by atoms with Crippen molar-refractivity contribution in [3.63, 3.8) is 0 Å². The molecule has 0 unspecified atom stereocenters. The average Bonchev–Trinajstić information content (AvgIpc) is 2.45. The van der Waals surface area contributed by atoms with Gasteiger partial charge in [0.05, 0.1) is 12.2 Å². The van der Waals surface area contributed by atoms with Crippen molar-refractivity contribution in [2.24, 2.45) is 5.73 Å². The lowest BCUT2D eigenvalue weighted by Crippen LogP contribution is -2.25. The Hall–Kier alpha value is -1.94. The van der Waals surface area contributed by atoms with Gasteiger partial charge in [-0.1, -0.05) is 12.1 Å². The third-order valence-corrected chi connectivity index (χ3v) is 3.29. The summed E-state index contributed by atoms with van der Waals surface area (Å²) in [5, 5.41) is 0. The molecular weight excluding hydrogens is 253 g/mol. The van der Waals surface area contributed by atoms with Crippen molar-refractivity contribution < 1.29 is 4.39 Å². The van der Waals surface area contributed by atoms with Gasteiger partial charge in [-0.15, -0.1) is 0 Å². The van der Waals surface area contributed by atoms with Gasteiger partial charge in [0.1, 0.15) is 5.82 Å². The maximum Gasteiger partial charge on any atom is 0.130 e. The van der Waals surface area contributed by atoms with Crippen molar-refractivity contribution in [2.75, 3.05) is 11.4 Å². The number of nitrogens with two attached hydrogens (primary N) is 1. The molecule has 0 aliphatic carbocycles. The van der Waals surface area contributed by atoms with Crippen LogP contribution in [0, 0.1) is 5.82 Å². The van der Waals surface area contributed by atoms with Gasteiger partial charge in [-0.05, 0) is 38.1 Å². The first kappa shape index (κ1) is 14.5. The summed E-state index contributed by atoms with van der Waals surface area (Å²) in [5.74, 6) is -0.253. The lowest BCUT2D eigenvalue weighted by molar-refractivity contribution is 0.591. The number of pyridine rings is 1. The molecule has 0 aliphatic heterocycles. The molecule has 0 radical (unpaired) electrons. The van der Waals surface area contributed by atoms with Crippen LogP contribution in [-0.2, 0) is 6.54 Å². The number of anilines is 1. The van der Waals surface area contributed by atoms with Gasteiger partial charge < -0.3 is 10.6 Å². The van der Waals surface area contributed by atoms with Crippen LogP contribution < -0.4 is 10.6 Å². The van der Waals surface area contributed by atoms with Crippen LogP contribution in [-0.4, -0.2) is 11.5 Å². The van der Waals surface area contributed by atoms with Crippen molar-refractivity contribution in [3.8, 4) is 0 Å². The van der Waals surface area contributed by atoms with E-state index < -0.39 is 0 Å². The number of benzene rings is 1. The standard InChI is InChI=1S/C16H20FN3/c1-3-20(11-13-7-4-5-10-19-13)15-9-6-8-14(17)16(15)12(2)18/h4-10,12H,3,11,18H2,1-2H3/t12-/m0/s1. The maximum atomic E-state index is 14.0. The fourth-order valence-electron chi connectivity index (χ4n) is 2.31. The molecule has 1 heterocycles. The molecule has 1 aromatic heterocycles. The van der Waals surface area contributed by atoms with Crippen molar-refractivity contribution in [2.45, 2.75) is 26.4 Å². The predicted molar refractivity (Wildman–Crippen MR) is 80.0 cm³/mol. The minimum atomic E-state index is -0.344. The summed E-state index contributed by atoms with van der Waals surface area (Å²) in [6.07, 6.45) is 1.77. The molecule has 0 aliphatic rings. The van der Waals surface area contributed by atoms with E-state index in [2.05, 4.69) is 9.88 Å². The Bertz CT molecular complexity index is 555. The molecule has 0 bridgehead atoms. The highest BCUT2D eigenvalue weighted by Gasteiger charge is 2.17. The zero-order chi connectivity index (χ0) is 14.5. The largest absolute Gasteiger partial charge is 0.366 e. The predicted octanol–water partition coefficient (Wildman–Crippen LogP) is 3.27. The van der Waals surface area contributed by atoms with Gasteiger partial charge in [0, 0.05) is 30.0 Å². The van der Waals surface area contributed by atoms with Gasteiger partial charge in [0.2, 0.25) is 0 Å². The van der Waals surface area contributed by atoms with Crippen LogP contribution in [0.2, 0.25) is 0 Å². The van der Waals surface area contributed by atoms with Crippen molar-refractivity contribution in [3.05, 3.63) is 59.7 Å². The van der Waals surface area contributed by atoms with E-state index in [1.807, 2.05) is 31.2 Å². The first-order valence-corrected chi connectivity index (χ1v) is 6.82. The topological polar surface area (TPSA) is 42.2 Å². The summed E-state index contributed by atoms with van der Waals surface area (Å²) in [7, 11) is 0. The molecule has 2 aromatic rings. The fourth-order valence-corrected chi connectivity index (χ4v) is 2.31. The molecule has 0 spiro atoms. The minimum Gasteiger partial charge on any atom is -0.366 e. The third-order valence-electron chi connectivity index (χ3n) is 3.29. The Morgan fingerprint density at radius 3 is 2.65 bits per heavy atom. The highest BCUT2D eigenvalue weighted by molar-refractivity contribution is 5.55. The zero-order valence-corrected chi connectivity index (χ0v) is 11.9. The molecule has 2 rings (SSSR count). The number of nitrogens with zero attached hydrogens (tertiary/aromatic N) is 2. The normalized spacial score (nSPS) is 12.2. The molecule has 0 amide bonds. The van der Waals surface area contributed by atoms with Crippen LogP contribution in [0.3, 0.4) is 0 Å². The third kappa shape index (κ3) is 3.14. The van der Waals surface area contributed by atoms with Gasteiger partial charge in [0.15, 0.2) is 0 Å². The maximum absolute atomic E-state index is 14.0. The van der Waals surface area contributed by atoms with E-state index in [4.69, 9.17) is 5.73 Å². The number of halogens is 1. The van der Waals surface area contributed by atoms with E-state index in [1.165, 1.54) is 6.07 Å². The smallest absolute Gasteiger partial charge is 0.130 e. The second kappa shape index (κ2) is 6.48. The number of hydrogen-bond donors (Lipinski definition) is 1. The minimum absolute atomic E-state index is 0.253. The molecule has 3 nitrogen and oxygen atoms in total. The Morgan fingerprint density at radius 2 is 2.05 bits per heavy atom. The molecule has 1 atom stereocenters. The summed E-state index contributed by atoms with van der Waals surface area (Å²) in [6.45, 7) is 5.25. The molecule has 106 valence electrons. The summed E-state index contributed by atoms with van der Waals surface area (Å²) in [4.78, 5) is 6.41. The highest BCUT2D eigenvalue weighted by atomic mass is 19.1. The molecule has 20 heavy (non-hydrogen) atoms. The second-order valence-corrected chi connectivity index (χ2v) is 4.80. The summed E-state index contributed by atoms with van der Waals surface area (Å²) < 4.78 is 14.0. The average molecular weight is 273 g/mol. The van der Waals surface area contributed by atoms with E-state index >= 15 is 0 Å². The molecule has 0 saturated carbocycles. The quantitative estimate of drug-likeness (QED) is 0.909. The first-order chi connectivity index (χ1) is 9.63. The zero-order valence-electron chi connectivity index (χ0n) is 11.9. The van der Waals surface area contributed by atoms with Gasteiger partial charge >= 0.3 is 0 Å². The van der Waals surface area contributed by atoms with Gasteiger partial charge in [-0.2, -0.15) is 0 Å². The monoisotopic (exact) mass is 273 g/mol. The Balaban J connectivity index is 2.35. The van der Waals surface area contributed by atoms with E-state index in [0.717, 1.165) is 17.9 Å². The van der Waals surface area contributed by atoms with Crippen molar-refractivity contribution in [1.29, 1.82) is 0 Å². The summed E-state index contributed by atoms with van der Waals surface area (Å²) >= 11 is 0. The molecule has 0 saturated heterocycles. The van der Waals surface area contributed by atoms with Crippen LogP contribution in [0.5, 0.6) is 0 Å². The Labute approximate surface area is 119 Å². The van der Waals surface area contributed by atoms with Crippen LogP contribution in [0.25, 0.3) is 0 Å². The van der Waals surface area contributed by atoms with Crippen LogP contribution >= 0.6 is 0 Å². The van der Waals surface area contributed by atoms with Crippen molar-refractivity contribution in [1.82, 2.24) is 4.98 Å². The lowest BCUT2D eigenvalue weighted by atomic mass is 10.0. The SMILES string of the molecule is CCN(Cc1ccccn1)c1cccc(F)c1[C@H](C)N. The molecular formula is C16H20FN3. The van der Waals surface area contributed by atoms with E-state index in [0.29, 0.717) is 12.1 Å². The summed E-state index contributed by atoms with van der Waals surface area (Å²) in [5.41, 5.74) is 8.27. The fraction of sp³-hybridized carbons (Fsp3) is 0.312. The first-order valence-electron chi connectivity index (χ1n) is 6.82. The van der Waals surface area contributed by atoms with Gasteiger partial charge in [-0.25, -0.2) is 4.39 Å². The number of rotatable bonds is 5. The summed E-state index contributed by atoms with van der Waals surface area (Å²) in [6, 6.07) is 10.5. The molecule has 1 aromatic carbocycles. The second-order valence-electron chi connectivity index (χ2n) is 4.80. The van der Waals surface area contributed by atoms with Crippen LogP contribution in [0.4, 0.5) is 10.1 Å². The molecule has 4 heteroatoms. The Morgan fingerprint density at radius 1 is 1.25 bits per heavy atom. The van der Waals surface area contributed by atoms with E-state index in [9.17, 15) is 4.39 Å². The van der Waals surface area contributed by atoms with E-state index in [1.54, 1.807) is 19.2 Å². The van der Waals surface area contributed by atoms with Crippen LogP contribution in [0.15, 0.2) is 42.6 Å².